The Morgan fingerprint density at radius 2 is 1.67 bits per heavy atom. The molecule has 142 valence electrons. The van der Waals surface area contributed by atoms with Gasteiger partial charge in [-0.1, -0.05) is 11.6 Å². The topological polar surface area (TPSA) is 65.5 Å². The van der Waals surface area contributed by atoms with Gasteiger partial charge in [-0.3, -0.25) is 14.6 Å². The summed E-state index contributed by atoms with van der Waals surface area (Å²) in [5.41, 5.74) is 1.83. The molecule has 0 bridgehead atoms. The molecule has 1 aliphatic heterocycles. The smallest absolute Gasteiger partial charge is 0.234 e. The molecule has 1 saturated heterocycles. The molecule has 6 nitrogen and oxygen atoms in total. The number of benzene rings is 1. The van der Waals surface area contributed by atoms with Crippen LogP contribution in [0.2, 0.25) is 5.02 Å². The van der Waals surface area contributed by atoms with Crippen molar-refractivity contribution < 1.29 is 9.59 Å². The lowest BCUT2D eigenvalue weighted by molar-refractivity contribution is -0.128. The Hall–Kier alpha value is -2.25. The van der Waals surface area contributed by atoms with Gasteiger partial charge in [0.1, 0.15) is 0 Å². The fourth-order valence-electron chi connectivity index (χ4n) is 2.82. The van der Waals surface area contributed by atoms with Crippen LogP contribution in [-0.2, 0) is 9.59 Å². The first-order chi connectivity index (χ1) is 13.1. The molecular formula is C19H21ClN4O2S. The predicted octanol–water partition coefficient (Wildman–Crippen LogP) is 2.76. The second-order valence-corrected chi connectivity index (χ2v) is 7.54. The summed E-state index contributed by atoms with van der Waals surface area (Å²) in [6.07, 6.45) is 3.55. The Labute approximate surface area is 167 Å². The first-order valence-corrected chi connectivity index (χ1v) is 10.2. The van der Waals surface area contributed by atoms with Gasteiger partial charge in [0.15, 0.2) is 0 Å². The molecule has 2 amide bonds. The molecule has 8 heteroatoms. The molecule has 3 rings (SSSR count). The molecular weight excluding hydrogens is 384 g/mol. The van der Waals surface area contributed by atoms with Crippen molar-refractivity contribution in [2.45, 2.75) is 0 Å². The number of piperazine rings is 1. The lowest BCUT2D eigenvalue weighted by Crippen LogP contribution is -2.49. The molecule has 0 unspecified atom stereocenters. The average Bonchev–Trinajstić information content (AvgIpc) is 2.70. The number of thioether (sulfide) groups is 1. The van der Waals surface area contributed by atoms with Crippen LogP contribution in [0.5, 0.6) is 0 Å². The molecule has 1 aromatic heterocycles. The standard InChI is InChI=1S/C19H21ClN4O2S/c20-15-1-3-16(4-2-15)22-18(25)13-27-14-19(26)24-11-9-23(10-12-24)17-5-7-21-8-6-17/h1-8H,9-14H2,(H,22,25). The normalized spacial score (nSPS) is 14.1. The van der Waals surface area contributed by atoms with Crippen LogP contribution in [-0.4, -0.2) is 59.4 Å². The van der Waals surface area contributed by atoms with E-state index < -0.39 is 0 Å². The fourth-order valence-corrected chi connectivity index (χ4v) is 3.66. The van der Waals surface area contributed by atoms with Crippen LogP contribution in [0.3, 0.4) is 0 Å². The monoisotopic (exact) mass is 404 g/mol. The Balaban J connectivity index is 1.36. The number of anilines is 2. The van der Waals surface area contributed by atoms with Gasteiger partial charge in [-0.25, -0.2) is 0 Å². The second-order valence-electron chi connectivity index (χ2n) is 6.12. The van der Waals surface area contributed by atoms with Crippen LogP contribution in [0.25, 0.3) is 0 Å². The van der Waals surface area contributed by atoms with E-state index in [9.17, 15) is 9.59 Å². The van der Waals surface area contributed by atoms with Crippen molar-refractivity contribution in [2.75, 3.05) is 47.9 Å². The third kappa shape index (κ3) is 5.87. The summed E-state index contributed by atoms with van der Waals surface area (Å²) < 4.78 is 0. The first-order valence-electron chi connectivity index (χ1n) is 8.68. The van der Waals surface area contributed by atoms with Gasteiger partial charge in [-0.15, -0.1) is 11.8 Å². The minimum absolute atomic E-state index is 0.0775. The van der Waals surface area contributed by atoms with Crippen LogP contribution < -0.4 is 10.2 Å². The third-order valence-corrected chi connectivity index (χ3v) is 5.42. The number of pyridine rings is 1. The highest BCUT2D eigenvalue weighted by atomic mass is 35.5. The molecule has 0 saturated carbocycles. The van der Waals surface area contributed by atoms with Crippen molar-refractivity contribution in [1.82, 2.24) is 9.88 Å². The van der Waals surface area contributed by atoms with E-state index >= 15 is 0 Å². The summed E-state index contributed by atoms with van der Waals surface area (Å²) in [4.78, 5) is 32.4. The van der Waals surface area contributed by atoms with E-state index in [0.29, 0.717) is 29.6 Å². The Morgan fingerprint density at radius 3 is 2.33 bits per heavy atom. The van der Waals surface area contributed by atoms with Gasteiger partial charge in [0.25, 0.3) is 0 Å². The van der Waals surface area contributed by atoms with Crippen molar-refractivity contribution in [3.63, 3.8) is 0 Å². The Bertz CT molecular complexity index is 765. The molecule has 1 N–H and O–H groups in total. The summed E-state index contributed by atoms with van der Waals surface area (Å²) in [6, 6.07) is 10.9. The van der Waals surface area contributed by atoms with E-state index in [1.54, 1.807) is 36.7 Å². The number of aromatic nitrogens is 1. The quantitative estimate of drug-likeness (QED) is 0.801. The van der Waals surface area contributed by atoms with Gasteiger partial charge in [0.2, 0.25) is 11.8 Å². The molecule has 0 radical (unpaired) electrons. The second kappa shape index (κ2) is 9.62. The summed E-state index contributed by atoms with van der Waals surface area (Å²) in [5.74, 6) is 0.501. The molecule has 0 aliphatic carbocycles. The highest BCUT2D eigenvalue weighted by Crippen LogP contribution is 2.16. The molecule has 27 heavy (non-hydrogen) atoms. The van der Waals surface area contributed by atoms with Crippen molar-refractivity contribution in [3.05, 3.63) is 53.8 Å². The number of halogens is 1. The number of carbonyl (C=O) groups excluding carboxylic acids is 2. The number of carbonyl (C=O) groups is 2. The Kier molecular flexibility index (Phi) is 6.95. The number of nitrogens with zero attached hydrogens (tertiary/aromatic N) is 3. The van der Waals surface area contributed by atoms with Crippen LogP contribution in [0.1, 0.15) is 0 Å². The molecule has 1 fully saturated rings. The minimum Gasteiger partial charge on any atom is -0.368 e. The largest absolute Gasteiger partial charge is 0.368 e. The van der Waals surface area contributed by atoms with E-state index in [0.717, 1.165) is 18.8 Å². The highest BCUT2D eigenvalue weighted by molar-refractivity contribution is 8.00. The zero-order valence-electron chi connectivity index (χ0n) is 14.8. The summed E-state index contributed by atoms with van der Waals surface area (Å²) in [7, 11) is 0. The summed E-state index contributed by atoms with van der Waals surface area (Å²) in [5, 5.41) is 3.41. The number of rotatable bonds is 6. The minimum atomic E-state index is -0.127. The number of amides is 2. The lowest BCUT2D eigenvalue weighted by atomic mass is 10.2. The van der Waals surface area contributed by atoms with Crippen LogP contribution >= 0.6 is 23.4 Å². The van der Waals surface area contributed by atoms with E-state index in [1.807, 2.05) is 17.0 Å². The van der Waals surface area contributed by atoms with E-state index in [1.165, 1.54) is 11.8 Å². The van der Waals surface area contributed by atoms with Crippen molar-refractivity contribution in [2.24, 2.45) is 0 Å². The van der Waals surface area contributed by atoms with Gasteiger partial charge < -0.3 is 15.1 Å². The van der Waals surface area contributed by atoms with E-state index in [-0.39, 0.29) is 17.6 Å². The zero-order chi connectivity index (χ0) is 19.1. The van der Waals surface area contributed by atoms with Crippen molar-refractivity contribution in [3.8, 4) is 0 Å². The first kappa shape index (κ1) is 19.5. The maximum Gasteiger partial charge on any atom is 0.234 e. The lowest BCUT2D eigenvalue weighted by Gasteiger charge is -2.36. The maximum absolute atomic E-state index is 12.3. The molecule has 1 aromatic carbocycles. The summed E-state index contributed by atoms with van der Waals surface area (Å²) >= 11 is 7.15. The van der Waals surface area contributed by atoms with Gasteiger partial charge in [0.05, 0.1) is 11.5 Å². The Morgan fingerprint density at radius 1 is 1.00 bits per heavy atom. The van der Waals surface area contributed by atoms with E-state index in [4.69, 9.17) is 11.6 Å². The number of hydrogen-bond donors (Lipinski definition) is 1. The molecule has 1 aliphatic rings. The SMILES string of the molecule is O=C(CSCC(=O)N1CCN(c2ccncc2)CC1)Nc1ccc(Cl)cc1. The highest BCUT2D eigenvalue weighted by Gasteiger charge is 2.21. The van der Waals surface area contributed by atoms with Crippen molar-refractivity contribution >= 4 is 46.6 Å². The molecule has 2 heterocycles. The number of hydrogen-bond acceptors (Lipinski definition) is 5. The van der Waals surface area contributed by atoms with Crippen LogP contribution in [0.4, 0.5) is 11.4 Å². The fraction of sp³-hybridized carbons (Fsp3) is 0.316. The molecule has 0 atom stereocenters. The average molecular weight is 405 g/mol. The zero-order valence-corrected chi connectivity index (χ0v) is 16.4. The molecule has 2 aromatic rings. The van der Waals surface area contributed by atoms with Gasteiger partial charge >= 0.3 is 0 Å². The predicted molar refractivity (Wildman–Crippen MR) is 110 cm³/mol. The van der Waals surface area contributed by atoms with Gasteiger partial charge in [-0.05, 0) is 36.4 Å². The third-order valence-electron chi connectivity index (χ3n) is 4.25. The molecule has 0 spiro atoms. The van der Waals surface area contributed by atoms with Crippen LogP contribution in [0.15, 0.2) is 48.8 Å². The van der Waals surface area contributed by atoms with Crippen molar-refractivity contribution in [1.29, 1.82) is 0 Å². The van der Waals surface area contributed by atoms with Gasteiger partial charge in [0, 0.05) is 55.0 Å². The maximum atomic E-state index is 12.3. The van der Waals surface area contributed by atoms with Crippen LogP contribution in [0, 0.1) is 0 Å². The summed E-state index contributed by atoms with van der Waals surface area (Å²) in [6.45, 7) is 2.99. The number of nitrogens with one attached hydrogen (secondary N) is 1. The van der Waals surface area contributed by atoms with E-state index in [2.05, 4.69) is 15.2 Å². The van der Waals surface area contributed by atoms with Gasteiger partial charge in [-0.2, -0.15) is 0 Å².